The van der Waals surface area contributed by atoms with E-state index < -0.39 is 5.41 Å². The quantitative estimate of drug-likeness (QED) is 0.579. The van der Waals surface area contributed by atoms with Crippen LogP contribution in [0.4, 0.5) is 5.69 Å². The monoisotopic (exact) mass is 354 g/mol. The number of anilines is 1. The van der Waals surface area contributed by atoms with Gasteiger partial charge in [-0.05, 0) is 44.5 Å². The van der Waals surface area contributed by atoms with E-state index >= 15 is 0 Å². The van der Waals surface area contributed by atoms with Crippen LogP contribution in [-0.2, 0) is 9.59 Å². The van der Waals surface area contributed by atoms with Crippen LogP contribution in [0.1, 0.15) is 40.0 Å². The fraction of sp³-hybridized carbons (Fsp3) is 0.500. The van der Waals surface area contributed by atoms with Gasteiger partial charge in [-0.15, -0.1) is 0 Å². The SMILES string of the molecule is CCCCCNC(=O)C(C)(C)C(=O)Nc1ccc(Br)cc1. The van der Waals surface area contributed by atoms with Crippen molar-refractivity contribution in [2.75, 3.05) is 11.9 Å². The fourth-order valence-corrected chi connectivity index (χ4v) is 1.99. The van der Waals surface area contributed by atoms with Crippen molar-refractivity contribution in [3.8, 4) is 0 Å². The summed E-state index contributed by atoms with van der Waals surface area (Å²) in [6.07, 6.45) is 3.11. The summed E-state index contributed by atoms with van der Waals surface area (Å²) >= 11 is 3.34. The zero-order valence-electron chi connectivity index (χ0n) is 12.8. The first-order valence-corrected chi connectivity index (χ1v) is 8.02. The maximum Gasteiger partial charge on any atom is 0.239 e. The van der Waals surface area contributed by atoms with Crippen LogP contribution in [0.2, 0.25) is 0 Å². The van der Waals surface area contributed by atoms with Crippen LogP contribution >= 0.6 is 15.9 Å². The second-order valence-corrected chi connectivity index (χ2v) is 6.46. The molecule has 5 heteroatoms. The molecule has 0 bridgehead atoms. The molecular weight excluding hydrogens is 332 g/mol. The molecular formula is C16H23BrN2O2. The lowest BCUT2D eigenvalue weighted by atomic mass is 9.91. The van der Waals surface area contributed by atoms with Gasteiger partial charge in [-0.2, -0.15) is 0 Å². The Labute approximate surface area is 134 Å². The van der Waals surface area contributed by atoms with E-state index in [1.54, 1.807) is 26.0 Å². The predicted octanol–water partition coefficient (Wildman–Crippen LogP) is 3.72. The first kappa shape index (κ1) is 17.7. The van der Waals surface area contributed by atoms with E-state index in [9.17, 15) is 9.59 Å². The van der Waals surface area contributed by atoms with Crippen LogP contribution in [0.25, 0.3) is 0 Å². The summed E-state index contributed by atoms with van der Waals surface area (Å²) in [4.78, 5) is 24.4. The summed E-state index contributed by atoms with van der Waals surface area (Å²) < 4.78 is 0.938. The topological polar surface area (TPSA) is 58.2 Å². The van der Waals surface area contributed by atoms with Gasteiger partial charge in [-0.1, -0.05) is 35.7 Å². The van der Waals surface area contributed by atoms with E-state index in [2.05, 4.69) is 33.5 Å². The highest BCUT2D eigenvalue weighted by atomic mass is 79.9. The summed E-state index contributed by atoms with van der Waals surface area (Å²) in [5.41, 5.74) is -0.422. The van der Waals surface area contributed by atoms with Crippen LogP contribution < -0.4 is 10.6 Å². The van der Waals surface area contributed by atoms with Gasteiger partial charge in [0.1, 0.15) is 5.41 Å². The van der Waals surface area contributed by atoms with Crippen LogP contribution in [0.3, 0.4) is 0 Å². The first-order chi connectivity index (χ1) is 9.87. The molecule has 116 valence electrons. The third-order valence-electron chi connectivity index (χ3n) is 3.30. The van der Waals surface area contributed by atoms with Crippen molar-refractivity contribution in [1.29, 1.82) is 0 Å². The lowest BCUT2D eigenvalue weighted by Gasteiger charge is -2.22. The lowest BCUT2D eigenvalue weighted by Crippen LogP contribution is -2.45. The molecule has 0 aromatic heterocycles. The molecule has 0 saturated heterocycles. The Balaban J connectivity index is 2.57. The zero-order chi connectivity index (χ0) is 15.9. The van der Waals surface area contributed by atoms with E-state index in [-0.39, 0.29) is 11.8 Å². The second kappa shape index (κ2) is 8.17. The molecule has 0 spiro atoms. The number of hydrogen-bond acceptors (Lipinski definition) is 2. The molecule has 0 radical (unpaired) electrons. The summed E-state index contributed by atoms with van der Waals surface area (Å²) in [5.74, 6) is -0.550. The van der Waals surface area contributed by atoms with E-state index in [0.29, 0.717) is 12.2 Å². The molecule has 0 unspecified atom stereocenters. The van der Waals surface area contributed by atoms with Gasteiger partial charge in [0.25, 0.3) is 0 Å². The molecule has 0 heterocycles. The number of carbonyl (C=O) groups excluding carboxylic acids is 2. The van der Waals surface area contributed by atoms with E-state index in [4.69, 9.17) is 0 Å². The highest BCUT2D eigenvalue weighted by Gasteiger charge is 2.35. The zero-order valence-corrected chi connectivity index (χ0v) is 14.4. The maximum atomic E-state index is 12.3. The number of rotatable bonds is 7. The average molecular weight is 355 g/mol. The molecule has 0 aliphatic rings. The van der Waals surface area contributed by atoms with Crippen molar-refractivity contribution in [1.82, 2.24) is 5.32 Å². The maximum absolute atomic E-state index is 12.3. The minimum absolute atomic E-state index is 0.242. The van der Waals surface area contributed by atoms with Crippen molar-refractivity contribution in [3.05, 3.63) is 28.7 Å². The van der Waals surface area contributed by atoms with Crippen molar-refractivity contribution in [3.63, 3.8) is 0 Å². The third kappa shape index (κ3) is 5.50. The molecule has 0 fully saturated rings. The predicted molar refractivity (Wildman–Crippen MR) is 89.1 cm³/mol. The van der Waals surface area contributed by atoms with E-state index in [1.165, 1.54) is 0 Å². The van der Waals surface area contributed by atoms with Gasteiger partial charge in [0.2, 0.25) is 11.8 Å². The van der Waals surface area contributed by atoms with Crippen molar-refractivity contribution in [2.24, 2.45) is 5.41 Å². The molecule has 1 aromatic rings. The van der Waals surface area contributed by atoms with Gasteiger partial charge in [0.05, 0.1) is 0 Å². The van der Waals surface area contributed by atoms with E-state index in [1.807, 2.05) is 12.1 Å². The Bertz CT molecular complexity index is 484. The average Bonchev–Trinajstić information content (AvgIpc) is 2.45. The molecule has 2 N–H and O–H groups in total. The van der Waals surface area contributed by atoms with Crippen molar-refractivity contribution in [2.45, 2.75) is 40.0 Å². The van der Waals surface area contributed by atoms with Gasteiger partial charge < -0.3 is 10.6 Å². The van der Waals surface area contributed by atoms with Crippen LogP contribution in [0.15, 0.2) is 28.7 Å². The third-order valence-corrected chi connectivity index (χ3v) is 3.83. The van der Waals surface area contributed by atoms with Gasteiger partial charge in [-0.3, -0.25) is 9.59 Å². The Morgan fingerprint density at radius 3 is 2.29 bits per heavy atom. The molecule has 0 aliphatic carbocycles. The van der Waals surface area contributed by atoms with Crippen molar-refractivity contribution < 1.29 is 9.59 Å². The van der Waals surface area contributed by atoms with Gasteiger partial charge in [0, 0.05) is 16.7 Å². The molecule has 4 nitrogen and oxygen atoms in total. The van der Waals surface area contributed by atoms with Gasteiger partial charge in [0.15, 0.2) is 0 Å². The summed E-state index contributed by atoms with van der Waals surface area (Å²) in [5, 5.41) is 5.60. The van der Waals surface area contributed by atoms with Gasteiger partial charge >= 0.3 is 0 Å². The lowest BCUT2D eigenvalue weighted by molar-refractivity contribution is -0.138. The summed E-state index contributed by atoms with van der Waals surface area (Å²) in [6.45, 7) is 5.99. The number of nitrogens with one attached hydrogen (secondary N) is 2. The largest absolute Gasteiger partial charge is 0.355 e. The van der Waals surface area contributed by atoms with E-state index in [0.717, 1.165) is 23.7 Å². The van der Waals surface area contributed by atoms with Gasteiger partial charge in [-0.25, -0.2) is 0 Å². The summed E-state index contributed by atoms with van der Waals surface area (Å²) in [7, 11) is 0. The highest BCUT2D eigenvalue weighted by Crippen LogP contribution is 2.20. The van der Waals surface area contributed by atoms with Crippen molar-refractivity contribution >= 4 is 33.4 Å². The van der Waals surface area contributed by atoms with Crippen LogP contribution in [-0.4, -0.2) is 18.4 Å². The molecule has 1 aromatic carbocycles. The Morgan fingerprint density at radius 1 is 1.10 bits per heavy atom. The number of benzene rings is 1. The minimum Gasteiger partial charge on any atom is -0.355 e. The Morgan fingerprint density at radius 2 is 1.71 bits per heavy atom. The Hall–Kier alpha value is -1.36. The number of amides is 2. The van der Waals surface area contributed by atoms with Crippen LogP contribution in [0, 0.1) is 5.41 Å². The molecule has 0 saturated carbocycles. The minimum atomic E-state index is -1.10. The molecule has 2 amide bonds. The first-order valence-electron chi connectivity index (χ1n) is 7.23. The fourth-order valence-electron chi connectivity index (χ4n) is 1.72. The number of carbonyl (C=O) groups is 2. The highest BCUT2D eigenvalue weighted by molar-refractivity contribution is 9.10. The second-order valence-electron chi connectivity index (χ2n) is 5.55. The standard InChI is InChI=1S/C16H23BrN2O2/c1-4-5-6-11-18-14(20)16(2,3)15(21)19-13-9-7-12(17)8-10-13/h7-10H,4-6,11H2,1-3H3,(H,18,20)(H,19,21). The normalized spacial score (nSPS) is 11.0. The number of halogens is 1. The molecule has 0 aliphatic heterocycles. The smallest absolute Gasteiger partial charge is 0.239 e. The van der Waals surface area contributed by atoms with Crippen LogP contribution in [0.5, 0.6) is 0 Å². The molecule has 0 atom stereocenters. The molecule has 21 heavy (non-hydrogen) atoms. The number of hydrogen-bond donors (Lipinski definition) is 2. The molecule has 1 rings (SSSR count). The summed E-state index contributed by atoms with van der Waals surface area (Å²) in [6, 6.07) is 7.26. The Kier molecular flexibility index (Phi) is 6.89. The number of unbranched alkanes of at least 4 members (excludes halogenated alkanes) is 2.